The molecule has 4 aromatic rings. The van der Waals surface area contributed by atoms with Gasteiger partial charge in [-0.1, -0.05) is 29.0 Å². The molecule has 7 unspecified atom stereocenters. The van der Waals surface area contributed by atoms with E-state index in [2.05, 4.69) is 5.32 Å². The number of imide groups is 1. The molecule has 2 N–H and O–H groups in total. The summed E-state index contributed by atoms with van der Waals surface area (Å²) in [5, 5.41) is 13.6. The number of hydrogen-bond donors (Lipinski definition) is 2. The van der Waals surface area contributed by atoms with Crippen LogP contribution in [-0.4, -0.2) is 46.9 Å². The average Bonchev–Trinajstić information content (AvgIpc) is 3.80. The number of phenols is 1. The van der Waals surface area contributed by atoms with E-state index in [1.807, 2.05) is 18.2 Å². The van der Waals surface area contributed by atoms with E-state index >= 15 is 0 Å². The minimum Gasteiger partial charge on any atom is -0.508 e. The van der Waals surface area contributed by atoms with Gasteiger partial charge in [0.1, 0.15) is 12.3 Å². The fourth-order valence-electron chi connectivity index (χ4n) is 8.41. The number of nitrogens with one attached hydrogen (secondary N) is 1. The number of ether oxygens (including phenoxy) is 2. The van der Waals surface area contributed by atoms with E-state index in [-0.39, 0.29) is 63.8 Å². The molecular weight excluding hydrogens is 674 g/mol. The first-order chi connectivity index (χ1) is 23.2. The second-order valence-electron chi connectivity index (χ2n) is 12.6. The van der Waals surface area contributed by atoms with Gasteiger partial charge in [0.2, 0.25) is 17.7 Å². The Labute approximate surface area is 288 Å². The normalized spacial score (nSPS) is 26.6. The third kappa shape index (κ3) is 4.75. The first-order valence-corrected chi connectivity index (χ1v) is 17.6. The van der Waals surface area contributed by atoms with Crippen LogP contribution in [0.3, 0.4) is 0 Å². The van der Waals surface area contributed by atoms with Crippen molar-refractivity contribution in [2.75, 3.05) is 24.4 Å². The van der Waals surface area contributed by atoms with Gasteiger partial charge < -0.3 is 19.9 Å². The SMILES string of the molecule is COc1ccc(C2c3sc(=O)n(CC(=O)Nc4ccc(O)cc4)c3SC3C4CC(C5C(=O)N(c6ccc(Cl)cc6)C(=O)C45)C23)cc1OC. The van der Waals surface area contributed by atoms with E-state index < -0.39 is 11.8 Å². The van der Waals surface area contributed by atoms with Crippen molar-refractivity contribution in [3.8, 4) is 17.2 Å². The maximum absolute atomic E-state index is 14.1. The molecule has 2 saturated carbocycles. The summed E-state index contributed by atoms with van der Waals surface area (Å²) >= 11 is 8.79. The van der Waals surface area contributed by atoms with E-state index in [0.717, 1.165) is 28.2 Å². The van der Waals surface area contributed by atoms with Crippen molar-refractivity contribution in [2.45, 2.75) is 29.2 Å². The maximum atomic E-state index is 14.1. The Morgan fingerprint density at radius 1 is 0.938 bits per heavy atom. The van der Waals surface area contributed by atoms with Crippen molar-refractivity contribution in [2.24, 2.45) is 29.6 Å². The Bertz CT molecular complexity index is 2030. The molecule has 2 aliphatic heterocycles. The van der Waals surface area contributed by atoms with Gasteiger partial charge in [-0.05, 0) is 90.4 Å². The third-order valence-electron chi connectivity index (χ3n) is 10.3. The number of anilines is 2. The predicted octanol–water partition coefficient (Wildman–Crippen LogP) is 5.60. The van der Waals surface area contributed by atoms with Crippen LogP contribution in [0.2, 0.25) is 5.02 Å². The van der Waals surface area contributed by atoms with E-state index in [1.165, 1.54) is 21.6 Å². The number of thioether (sulfide) groups is 1. The number of fused-ring (bicyclic) bond motifs is 9. The first-order valence-electron chi connectivity index (χ1n) is 15.5. The molecule has 0 spiro atoms. The van der Waals surface area contributed by atoms with Crippen LogP contribution in [0.25, 0.3) is 0 Å². The van der Waals surface area contributed by atoms with Crippen LogP contribution in [0.15, 0.2) is 76.6 Å². The lowest BCUT2D eigenvalue weighted by molar-refractivity contribution is -0.123. The summed E-state index contributed by atoms with van der Waals surface area (Å²) in [5.74, 6) is -0.951. The smallest absolute Gasteiger partial charge is 0.308 e. The fraction of sp³-hybridized carbons (Fsp3) is 0.314. The lowest BCUT2D eigenvalue weighted by Gasteiger charge is -2.43. The molecule has 13 heteroatoms. The van der Waals surface area contributed by atoms with Gasteiger partial charge >= 0.3 is 4.87 Å². The first kappa shape index (κ1) is 31.0. The molecule has 2 bridgehead atoms. The van der Waals surface area contributed by atoms with Crippen LogP contribution < -0.4 is 24.6 Å². The Morgan fingerprint density at radius 2 is 1.62 bits per heavy atom. The van der Waals surface area contributed by atoms with Gasteiger partial charge in [0.05, 0.1) is 36.8 Å². The van der Waals surface area contributed by atoms with Crippen molar-refractivity contribution in [3.63, 3.8) is 0 Å². The van der Waals surface area contributed by atoms with Gasteiger partial charge in [-0.25, -0.2) is 0 Å². The number of hydrogen-bond acceptors (Lipinski definition) is 9. The van der Waals surface area contributed by atoms with E-state index in [1.54, 1.807) is 62.4 Å². The summed E-state index contributed by atoms with van der Waals surface area (Å²) < 4.78 is 12.7. The molecule has 8 rings (SSSR count). The predicted molar refractivity (Wildman–Crippen MR) is 182 cm³/mol. The van der Waals surface area contributed by atoms with Gasteiger partial charge in [0.25, 0.3) is 0 Å². The minimum atomic E-state index is -0.462. The molecule has 3 amide bonds. The van der Waals surface area contributed by atoms with Crippen LogP contribution in [0.1, 0.15) is 22.8 Å². The highest BCUT2D eigenvalue weighted by atomic mass is 35.5. The summed E-state index contributed by atoms with van der Waals surface area (Å²) in [6.07, 6.45) is 0.730. The number of aromatic hydroxyl groups is 1. The van der Waals surface area contributed by atoms with Crippen molar-refractivity contribution < 1.29 is 29.0 Å². The van der Waals surface area contributed by atoms with Crippen LogP contribution in [0.5, 0.6) is 17.2 Å². The zero-order chi connectivity index (χ0) is 33.4. The average molecular weight is 704 g/mol. The van der Waals surface area contributed by atoms with Crippen LogP contribution in [0.4, 0.5) is 11.4 Å². The van der Waals surface area contributed by atoms with Crippen LogP contribution in [0, 0.1) is 29.6 Å². The molecule has 1 aromatic heterocycles. The summed E-state index contributed by atoms with van der Waals surface area (Å²) in [6, 6.07) is 18.6. The van der Waals surface area contributed by atoms with Crippen molar-refractivity contribution in [3.05, 3.63) is 91.9 Å². The second kappa shape index (κ2) is 11.7. The number of rotatable bonds is 7. The number of halogens is 1. The second-order valence-corrected chi connectivity index (χ2v) is 15.2. The molecule has 4 aliphatic rings. The fourth-order valence-corrected chi connectivity index (χ4v) is 11.7. The summed E-state index contributed by atoms with van der Waals surface area (Å²) in [5.41, 5.74) is 1.93. The summed E-state index contributed by atoms with van der Waals surface area (Å²) in [4.78, 5) is 56.9. The minimum absolute atomic E-state index is 0.0360. The molecule has 48 heavy (non-hydrogen) atoms. The zero-order valence-electron chi connectivity index (χ0n) is 25.8. The Kier molecular flexibility index (Phi) is 7.57. The topological polar surface area (TPSA) is 127 Å². The molecule has 2 aliphatic carbocycles. The summed E-state index contributed by atoms with van der Waals surface area (Å²) in [6.45, 7) is -0.198. The van der Waals surface area contributed by atoms with Gasteiger partial charge in [-0.2, -0.15) is 0 Å². The van der Waals surface area contributed by atoms with Crippen molar-refractivity contribution in [1.82, 2.24) is 4.57 Å². The molecule has 246 valence electrons. The maximum Gasteiger partial charge on any atom is 0.308 e. The van der Waals surface area contributed by atoms with E-state index in [0.29, 0.717) is 32.9 Å². The molecular formula is C35H30ClN3O7S2. The molecule has 0 radical (unpaired) electrons. The number of aromatic nitrogens is 1. The van der Waals surface area contributed by atoms with Gasteiger partial charge in [0, 0.05) is 26.8 Å². The Hall–Kier alpha value is -4.26. The number of carbonyl (C=O) groups excluding carboxylic acids is 3. The summed E-state index contributed by atoms with van der Waals surface area (Å²) in [7, 11) is 3.15. The molecule has 10 nitrogen and oxygen atoms in total. The standard InChI is InChI=1S/C35H30ClN3O7S2/c1-45-23-12-3-16(13-24(23)46-2)26-27-21-14-22(29-28(21)32(42)39(33(29)43)19-8-4-17(36)5-9-19)30(27)47-34-31(26)48-35(44)38(34)15-25(41)37-18-6-10-20(40)11-7-18/h3-13,21-22,26-30,40H,14-15H2,1-2H3,(H,37,41). The number of methoxy groups -OCH3 is 2. The van der Waals surface area contributed by atoms with E-state index in [9.17, 15) is 24.3 Å². The molecule has 7 atom stereocenters. The zero-order valence-corrected chi connectivity index (χ0v) is 28.2. The molecule has 1 saturated heterocycles. The Balaban J connectivity index is 1.20. The molecule has 3 aromatic carbocycles. The van der Waals surface area contributed by atoms with Crippen LogP contribution in [-0.2, 0) is 20.9 Å². The molecule has 3 fully saturated rings. The number of carbonyl (C=O) groups is 3. The number of thiazole rings is 1. The van der Waals surface area contributed by atoms with Crippen LogP contribution >= 0.6 is 34.7 Å². The highest BCUT2D eigenvalue weighted by Crippen LogP contribution is 2.69. The van der Waals surface area contributed by atoms with Gasteiger partial charge in [-0.3, -0.25) is 28.6 Å². The third-order valence-corrected chi connectivity index (χ3v) is 13.3. The highest BCUT2D eigenvalue weighted by Gasteiger charge is 2.70. The largest absolute Gasteiger partial charge is 0.508 e. The number of nitrogens with zero attached hydrogens (tertiary/aromatic N) is 2. The number of benzene rings is 3. The lowest BCUT2D eigenvalue weighted by Crippen LogP contribution is -2.43. The van der Waals surface area contributed by atoms with E-state index in [4.69, 9.17) is 21.1 Å². The Morgan fingerprint density at radius 3 is 2.31 bits per heavy atom. The van der Waals surface area contributed by atoms with Gasteiger partial charge in [-0.15, -0.1) is 11.8 Å². The lowest BCUT2D eigenvalue weighted by atomic mass is 9.68. The monoisotopic (exact) mass is 703 g/mol. The number of phenolic OH excluding ortho intramolecular Hbond substituents is 1. The highest BCUT2D eigenvalue weighted by molar-refractivity contribution is 8.00. The number of amides is 3. The molecule has 3 heterocycles. The van der Waals surface area contributed by atoms with Crippen molar-refractivity contribution in [1.29, 1.82) is 0 Å². The van der Waals surface area contributed by atoms with Gasteiger partial charge in [0.15, 0.2) is 11.5 Å². The van der Waals surface area contributed by atoms with Crippen molar-refractivity contribution >= 4 is 63.8 Å². The quantitative estimate of drug-likeness (QED) is 0.188.